The summed E-state index contributed by atoms with van der Waals surface area (Å²) in [5.74, 6) is -2.13. The Labute approximate surface area is 267 Å². The molecular weight excluding hydrogens is 618 g/mol. The number of hydrogen-bond donors (Lipinski definition) is 2. The number of ketones is 1. The number of aromatic nitrogens is 1. The van der Waals surface area contributed by atoms with Gasteiger partial charge in [-0.3, -0.25) is 9.78 Å². The van der Waals surface area contributed by atoms with E-state index in [0.717, 1.165) is 6.20 Å². The number of carbonyl (C=O) groups excluding carboxylic acids is 1. The molecule has 2 heterocycles. The number of nitrogens with zero attached hydrogens (tertiary/aromatic N) is 2. The van der Waals surface area contributed by atoms with Gasteiger partial charge in [-0.05, 0) is 78.4 Å². The number of rotatable bonds is 11. The molecule has 1 aliphatic rings. The molecule has 3 N–H and O–H groups in total. The zero-order valence-corrected chi connectivity index (χ0v) is 26.3. The van der Waals surface area contributed by atoms with Crippen LogP contribution in [-0.4, -0.2) is 54.7 Å². The Bertz CT molecular complexity index is 1740. The summed E-state index contributed by atoms with van der Waals surface area (Å²) in [5, 5.41) is 3.79. The van der Waals surface area contributed by atoms with Gasteiger partial charge in [-0.25, -0.2) is 17.2 Å². The lowest BCUT2D eigenvalue weighted by molar-refractivity contribution is -0.119. The summed E-state index contributed by atoms with van der Waals surface area (Å²) >= 11 is 6.08. The predicted octanol–water partition coefficient (Wildman–Crippen LogP) is 5.27. The second-order valence-electron chi connectivity index (χ2n) is 11.4. The first-order valence-corrected chi connectivity index (χ1v) is 16.6. The Morgan fingerprint density at radius 1 is 1.02 bits per heavy atom. The molecule has 7 nitrogen and oxygen atoms in total. The summed E-state index contributed by atoms with van der Waals surface area (Å²) in [4.78, 5) is 17.9. The number of nitrogens with one attached hydrogen (secondary N) is 1. The molecule has 0 bridgehead atoms. The lowest BCUT2D eigenvalue weighted by Crippen LogP contribution is -2.58. The Balaban J connectivity index is 1.38. The van der Waals surface area contributed by atoms with Crippen LogP contribution in [0.15, 0.2) is 96.2 Å². The lowest BCUT2D eigenvalue weighted by atomic mass is 9.82. The van der Waals surface area contributed by atoms with Crippen LogP contribution in [0.2, 0.25) is 5.02 Å². The first-order valence-electron chi connectivity index (χ1n) is 14.8. The third kappa shape index (κ3) is 7.48. The first-order chi connectivity index (χ1) is 21.6. The number of sulfonamides is 1. The number of hydrogen-bond acceptors (Lipinski definition) is 6. The van der Waals surface area contributed by atoms with E-state index in [4.69, 9.17) is 17.3 Å². The second kappa shape index (κ2) is 14.3. The maximum absolute atomic E-state index is 15.3. The van der Waals surface area contributed by atoms with E-state index >= 15 is 4.39 Å². The van der Waals surface area contributed by atoms with Gasteiger partial charge in [-0.1, -0.05) is 54.1 Å². The average Bonchev–Trinajstić information content (AvgIpc) is 3.02. The van der Waals surface area contributed by atoms with Gasteiger partial charge in [0.1, 0.15) is 11.6 Å². The van der Waals surface area contributed by atoms with Crippen LogP contribution >= 0.6 is 11.6 Å². The topological polar surface area (TPSA) is 105 Å². The molecule has 5 rings (SSSR count). The van der Waals surface area contributed by atoms with Crippen molar-refractivity contribution in [2.24, 2.45) is 5.73 Å². The van der Waals surface area contributed by atoms with Gasteiger partial charge >= 0.3 is 0 Å². The Morgan fingerprint density at radius 3 is 2.47 bits per heavy atom. The molecule has 1 aliphatic heterocycles. The van der Waals surface area contributed by atoms with Gasteiger partial charge in [-0.2, -0.15) is 4.31 Å². The molecule has 0 saturated carbocycles. The van der Waals surface area contributed by atoms with Gasteiger partial charge in [0.05, 0.1) is 17.1 Å². The highest BCUT2D eigenvalue weighted by Gasteiger charge is 2.38. The van der Waals surface area contributed by atoms with Crippen molar-refractivity contribution < 1.29 is 22.0 Å². The average molecular weight is 653 g/mol. The lowest BCUT2D eigenvalue weighted by Gasteiger charge is -2.40. The number of pyridine rings is 1. The molecule has 4 aromatic rings. The fraction of sp³-hybridized carbons (Fsp3) is 0.294. The molecular formula is C34H35ClF2N4O3S. The van der Waals surface area contributed by atoms with Crippen molar-refractivity contribution in [3.63, 3.8) is 0 Å². The summed E-state index contributed by atoms with van der Waals surface area (Å²) < 4.78 is 58.3. The number of nitrogens with two attached hydrogens (primary N) is 1. The zero-order valence-electron chi connectivity index (χ0n) is 24.7. The molecule has 1 saturated heterocycles. The SMILES string of the molecule is C[C@H]1CNC[C@H](CCc2c(F)cccc2CC(=O)[C@@H](N)[C@@H](c2ccc(Cl)cc2)c2cncc(F)c2)N1S(=O)(=O)c1ccccc1. The summed E-state index contributed by atoms with van der Waals surface area (Å²) in [6.07, 6.45) is 2.92. The number of carbonyl (C=O) groups is 1. The maximum Gasteiger partial charge on any atom is 0.243 e. The van der Waals surface area contributed by atoms with Crippen LogP contribution in [0.3, 0.4) is 0 Å². The van der Waals surface area contributed by atoms with Gasteiger partial charge in [0, 0.05) is 48.7 Å². The van der Waals surface area contributed by atoms with Crippen molar-refractivity contribution in [2.75, 3.05) is 13.1 Å². The van der Waals surface area contributed by atoms with Crippen molar-refractivity contribution >= 4 is 27.4 Å². The third-order valence-electron chi connectivity index (χ3n) is 8.29. The molecule has 1 aromatic heterocycles. The number of halogens is 3. The highest BCUT2D eigenvalue weighted by Crippen LogP contribution is 2.31. The fourth-order valence-electron chi connectivity index (χ4n) is 6.10. The molecule has 11 heteroatoms. The molecule has 4 atom stereocenters. The molecule has 45 heavy (non-hydrogen) atoms. The first kappa shape index (κ1) is 32.8. The summed E-state index contributed by atoms with van der Waals surface area (Å²) in [6, 6.07) is 19.1. The Kier molecular flexibility index (Phi) is 10.4. The van der Waals surface area contributed by atoms with Crippen molar-refractivity contribution in [3.05, 3.63) is 130 Å². The van der Waals surface area contributed by atoms with E-state index in [0.29, 0.717) is 46.8 Å². The smallest absolute Gasteiger partial charge is 0.243 e. The van der Waals surface area contributed by atoms with Crippen molar-refractivity contribution in [2.45, 2.75) is 55.1 Å². The fourth-order valence-corrected chi connectivity index (χ4v) is 8.09. The van der Waals surface area contributed by atoms with Crippen LogP contribution in [0.5, 0.6) is 0 Å². The molecule has 3 aromatic carbocycles. The summed E-state index contributed by atoms with van der Waals surface area (Å²) in [5.41, 5.74) is 8.46. The molecule has 0 aliphatic carbocycles. The quantitative estimate of drug-likeness (QED) is 0.229. The van der Waals surface area contributed by atoms with Crippen LogP contribution in [-0.2, 0) is 27.7 Å². The summed E-state index contributed by atoms with van der Waals surface area (Å²) in [7, 11) is -3.79. The molecule has 0 amide bonds. The Morgan fingerprint density at radius 2 is 1.76 bits per heavy atom. The van der Waals surface area contributed by atoms with Gasteiger partial charge in [0.15, 0.2) is 5.78 Å². The standard InChI is InChI=1S/C34H35ClF2N4O3S/c1-22-18-39-21-28(41(22)45(43,44)29-7-3-2-4-8-29)14-15-30-24(6-5-9-31(30)37)17-32(42)34(38)33(23-10-12-26(35)13-11-23)25-16-27(36)20-40-19-25/h2-13,16,19-20,22,28,33-34,39H,14-15,17-18,21,38H2,1H3/t22-,28-,33-,34+/m0/s1. The van der Waals surface area contributed by atoms with E-state index in [1.807, 2.05) is 6.92 Å². The largest absolute Gasteiger partial charge is 0.321 e. The van der Waals surface area contributed by atoms with Crippen LogP contribution in [0, 0.1) is 11.6 Å². The molecule has 0 spiro atoms. The van der Waals surface area contributed by atoms with Crippen molar-refractivity contribution in [1.29, 1.82) is 0 Å². The van der Waals surface area contributed by atoms with Gasteiger partial charge < -0.3 is 11.1 Å². The van der Waals surface area contributed by atoms with E-state index < -0.39 is 39.7 Å². The van der Waals surface area contributed by atoms with E-state index in [-0.39, 0.29) is 29.6 Å². The van der Waals surface area contributed by atoms with Gasteiger partial charge in [-0.15, -0.1) is 0 Å². The van der Waals surface area contributed by atoms with Crippen LogP contribution in [0.1, 0.15) is 41.5 Å². The van der Waals surface area contributed by atoms with Crippen LogP contribution in [0.4, 0.5) is 8.78 Å². The number of benzene rings is 3. The van der Waals surface area contributed by atoms with E-state index in [1.54, 1.807) is 60.7 Å². The minimum Gasteiger partial charge on any atom is -0.321 e. The van der Waals surface area contributed by atoms with Crippen LogP contribution < -0.4 is 11.1 Å². The molecule has 1 fully saturated rings. The minimum atomic E-state index is -3.79. The third-order valence-corrected chi connectivity index (χ3v) is 10.6. The van der Waals surface area contributed by atoms with E-state index in [9.17, 15) is 17.6 Å². The zero-order chi connectivity index (χ0) is 32.1. The molecule has 236 valence electrons. The summed E-state index contributed by atoms with van der Waals surface area (Å²) in [6.45, 7) is 2.75. The monoisotopic (exact) mass is 652 g/mol. The highest BCUT2D eigenvalue weighted by molar-refractivity contribution is 7.89. The number of piperazine rings is 1. The predicted molar refractivity (Wildman–Crippen MR) is 170 cm³/mol. The second-order valence-corrected chi connectivity index (χ2v) is 13.6. The Hall–Kier alpha value is -3.54. The van der Waals surface area contributed by atoms with E-state index in [1.165, 1.54) is 28.7 Å². The molecule has 0 radical (unpaired) electrons. The molecule has 0 unspecified atom stereocenters. The normalized spacial score (nSPS) is 18.8. The van der Waals surface area contributed by atoms with Crippen molar-refractivity contribution in [1.82, 2.24) is 14.6 Å². The maximum atomic E-state index is 15.3. The van der Waals surface area contributed by atoms with E-state index in [2.05, 4.69) is 10.3 Å². The van der Waals surface area contributed by atoms with Gasteiger partial charge in [0.2, 0.25) is 10.0 Å². The van der Waals surface area contributed by atoms with Crippen molar-refractivity contribution in [3.8, 4) is 0 Å². The minimum absolute atomic E-state index is 0.160. The highest BCUT2D eigenvalue weighted by atomic mass is 35.5. The van der Waals surface area contributed by atoms with Crippen LogP contribution in [0.25, 0.3) is 0 Å². The van der Waals surface area contributed by atoms with Gasteiger partial charge in [0.25, 0.3) is 0 Å². The number of Topliss-reactive ketones (excluding diaryl/α,β-unsaturated/α-hetero) is 1.